The first kappa shape index (κ1) is 19.0. The molecule has 5 nitrogen and oxygen atoms in total. The minimum absolute atomic E-state index is 0.0851. The number of nitrogens with zero attached hydrogens (tertiary/aromatic N) is 1. The summed E-state index contributed by atoms with van der Waals surface area (Å²) < 4.78 is 18.9. The van der Waals surface area contributed by atoms with E-state index in [1.165, 1.54) is 24.4 Å². The van der Waals surface area contributed by atoms with E-state index >= 15 is 0 Å². The first-order valence-corrected chi connectivity index (χ1v) is 8.50. The monoisotopic (exact) mass is 376 g/mol. The lowest BCUT2D eigenvalue weighted by Gasteiger charge is -2.06. The summed E-state index contributed by atoms with van der Waals surface area (Å²) in [6, 6.07) is 19.4. The highest BCUT2D eigenvalue weighted by atomic mass is 19.1. The third kappa shape index (κ3) is 4.67. The lowest BCUT2D eigenvalue weighted by atomic mass is 10.1. The molecular weight excluding hydrogens is 359 g/mol. The SMILES string of the molecule is Cc1ccccc1C(=O)Oc1ccc(C=NNC(=O)c2ccccc2F)cc1. The molecule has 0 fully saturated rings. The van der Waals surface area contributed by atoms with Crippen LogP contribution in [0.1, 0.15) is 31.8 Å². The van der Waals surface area contributed by atoms with Gasteiger partial charge >= 0.3 is 5.97 Å². The highest BCUT2D eigenvalue weighted by Gasteiger charge is 2.11. The Morgan fingerprint density at radius 2 is 1.57 bits per heavy atom. The van der Waals surface area contributed by atoms with Crippen molar-refractivity contribution in [3.8, 4) is 5.75 Å². The summed E-state index contributed by atoms with van der Waals surface area (Å²) in [6.45, 7) is 1.84. The summed E-state index contributed by atoms with van der Waals surface area (Å²) in [4.78, 5) is 24.1. The number of hydrazone groups is 1. The third-order valence-electron chi connectivity index (χ3n) is 3.95. The van der Waals surface area contributed by atoms with Crippen molar-refractivity contribution < 1.29 is 18.7 Å². The molecule has 3 rings (SSSR count). The average molecular weight is 376 g/mol. The van der Waals surface area contributed by atoms with Gasteiger partial charge in [-0.15, -0.1) is 0 Å². The van der Waals surface area contributed by atoms with E-state index in [0.29, 0.717) is 16.9 Å². The molecular formula is C22H17FN2O3. The summed E-state index contributed by atoms with van der Waals surface area (Å²) >= 11 is 0. The zero-order valence-corrected chi connectivity index (χ0v) is 15.1. The highest BCUT2D eigenvalue weighted by molar-refractivity contribution is 5.95. The molecule has 3 aromatic rings. The fraction of sp³-hybridized carbons (Fsp3) is 0.0455. The molecule has 6 heteroatoms. The molecule has 0 saturated heterocycles. The van der Waals surface area contributed by atoms with Gasteiger partial charge in [-0.2, -0.15) is 5.10 Å². The van der Waals surface area contributed by atoms with Crippen LogP contribution in [0.15, 0.2) is 77.9 Å². The number of ether oxygens (including phenoxy) is 1. The largest absolute Gasteiger partial charge is 0.423 e. The Kier molecular flexibility index (Phi) is 5.91. The van der Waals surface area contributed by atoms with Crippen LogP contribution in [-0.4, -0.2) is 18.1 Å². The number of nitrogens with one attached hydrogen (secondary N) is 1. The Balaban J connectivity index is 1.59. The average Bonchev–Trinajstić information content (AvgIpc) is 2.70. The number of halogens is 1. The van der Waals surface area contributed by atoms with Gasteiger partial charge in [-0.25, -0.2) is 14.6 Å². The van der Waals surface area contributed by atoms with E-state index in [2.05, 4.69) is 10.5 Å². The van der Waals surface area contributed by atoms with Crippen LogP contribution in [-0.2, 0) is 0 Å². The Morgan fingerprint density at radius 1 is 0.929 bits per heavy atom. The van der Waals surface area contributed by atoms with E-state index in [0.717, 1.165) is 5.56 Å². The van der Waals surface area contributed by atoms with Gasteiger partial charge in [-0.05, 0) is 60.5 Å². The van der Waals surface area contributed by atoms with E-state index in [1.807, 2.05) is 19.1 Å². The standard InChI is InChI=1S/C22H17FN2O3/c1-15-6-2-3-7-18(15)22(27)28-17-12-10-16(11-13-17)14-24-25-21(26)19-8-4-5-9-20(19)23/h2-14H,1H3,(H,25,26). The Morgan fingerprint density at radius 3 is 2.25 bits per heavy atom. The van der Waals surface area contributed by atoms with Gasteiger partial charge in [0.1, 0.15) is 11.6 Å². The van der Waals surface area contributed by atoms with E-state index < -0.39 is 17.7 Å². The van der Waals surface area contributed by atoms with Gasteiger partial charge in [0.15, 0.2) is 0 Å². The number of hydrogen-bond acceptors (Lipinski definition) is 4. The normalized spacial score (nSPS) is 10.6. The fourth-order valence-corrected chi connectivity index (χ4v) is 2.46. The second-order valence-corrected chi connectivity index (χ2v) is 5.95. The molecule has 0 spiro atoms. The molecule has 0 unspecified atom stereocenters. The molecule has 140 valence electrons. The van der Waals surface area contributed by atoms with Crippen LogP contribution >= 0.6 is 0 Å². The molecule has 0 bridgehead atoms. The molecule has 0 saturated carbocycles. The van der Waals surface area contributed by atoms with Crippen LogP contribution in [0.5, 0.6) is 5.75 Å². The predicted octanol–water partition coefficient (Wildman–Crippen LogP) is 4.12. The molecule has 1 N–H and O–H groups in total. The van der Waals surface area contributed by atoms with Crippen molar-refractivity contribution >= 4 is 18.1 Å². The van der Waals surface area contributed by atoms with Gasteiger partial charge in [-0.3, -0.25) is 4.79 Å². The first-order valence-electron chi connectivity index (χ1n) is 8.50. The number of aryl methyl sites for hydroxylation is 1. The van der Waals surface area contributed by atoms with Crippen molar-refractivity contribution in [3.63, 3.8) is 0 Å². The first-order chi connectivity index (χ1) is 13.5. The number of rotatable bonds is 5. The minimum atomic E-state index is -0.641. The summed E-state index contributed by atoms with van der Waals surface area (Å²) in [5.74, 6) is -1.30. The topological polar surface area (TPSA) is 67.8 Å². The van der Waals surface area contributed by atoms with Gasteiger partial charge in [-0.1, -0.05) is 30.3 Å². The quantitative estimate of drug-likeness (QED) is 0.315. The molecule has 0 aliphatic rings. The van der Waals surface area contributed by atoms with Gasteiger partial charge in [0.2, 0.25) is 0 Å². The maximum absolute atomic E-state index is 13.5. The Labute approximate surface area is 161 Å². The van der Waals surface area contributed by atoms with Crippen LogP contribution in [0.2, 0.25) is 0 Å². The smallest absolute Gasteiger partial charge is 0.343 e. The molecule has 0 aliphatic heterocycles. The fourth-order valence-electron chi connectivity index (χ4n) is 2.46. The second kappa shape index (κ2) is 8.73. The molecule has 0 aromatic heterocycles. The number of hydrogen-bond donors (Lipinski definition) is 1. The van der Waals surface area contributed by atoms with Crippen molar-refractivity contribution in [2.75, 3.05) is 0 Å². The van der Waals surface area contributed by atoms with Gasteiger partial charge < -0.3 is 4.74 Å². The summed E-state index contributed by atoms with van der Waals surface area (Å²) in [5, 5.41) is 3.81. The van der Waals surface area contributed by atoms with Crippen LogP contribution in [0.25, 0.3) is 0 Å². The maximum atomic E-state index is 13.5. The van der Waals surface area contributed by atoms with Crippen molar-refractivity contribution in [1.82, 2.24) is 5.43 Å². The Hall–Kier alpha value is -3.80. The molecule has 0 radical (unpaired) electrons. The van der Waals surface area contributed by atoms with Crippen LogP contribution in [0.4, 0.5) is 4.39 Å². The predicted molar refractivity (Wildman–Crippen MR) is 104 cm³/mol. The molecule has 0 atom stereocenters. The molecule has 28 heavy (non-hydrogen) atoms. The van der Waals surface area contributed by atoms with Crippen molar-refractivity contribution in [3.05, 3.63) is 101 Å². The number of carbonyl (C=O) groups excluding carboxylic acids is 2. The summed E-state index contributed by atoms with van der Waals surface area (Å²) in [6.07, 6.45) is 1.41. The van der Waals surface area contributed by atoms with E-state index in [-0.39, 0.29) is 5.56 Å². The lowest BCUT2D eigenvalue weighted by Crippen LogP contribution is -2.18. The van der Waals surface area contributed by atoms with Crippen molar-refractivity contribution in [2.24, 2.45) is 5.10 Å². The van der Waals surface area contributed by atoms with Crippen LogP contribution in [0.3, 0.4) is 0 Å². The van der Waals surface area contributed by atoms with E-state index in [4.69, 9.17) is 4.74 Å². The third-order valence-corrected chi connectivity index (χ3v) is 3.95. The molecule has 0 heterocycles. The van der Waals surface area contributed by atoms with E-state index in [9.17, 15) is 14.0 Å². The Bertz CT molecular complexity index is 1030. The van der Waals surface area contributed by atoms with Gasteiger partial charge in [0, 0.05) is 0 Å². The summed E-state index contributed by atoms with van der Waals surface area (Å²) in [7, 11) is 0. The highest BCUT2D eigenvalue weighted by Crippen LogP contribution is 2.15. The lowest BCUT2D eigenvalue weighted by molar-refractivity contribution is 0.0733. The number of benzene rings is 3. The molecule has 1 amide bonds. The van der Waals surface area contributed by atoms with Crippen LogP contribution in [0, 0.1) is 12.7 Å². The number of carbonyl (C=O) groups is 2. The van der Waals surface area contributed by atoms with Crippen molar-refractivity contribution in [1.29, 1.82) is 0 Å². The molecule has 0 aliphatic carbocycles. The zero-order chi connectivity index (χ0) is 19.9. The summed E-state index contributed by atoms with van der Waals surface area (Å²) in [5.41, 5.74) is 4.19. The van der Waals surface area contributed by atoms with E-state index in [1.54, 1.807) is 42.5 Å². The zero-order valence-electron chi connectivity index (χ0n) is 15.1. The van der Waals surface area contributed by atoms with Crippen LogP contribution < -0.4 is 10.2 Å². The van der Waals surface area contributed by atoms with Gasteiger partial charge in [0.25, 0.3) is 5.91 Å². The maximum Gasteiger partial charge on any atom is 0.343 e. The van der Waals surface area contributed by atoms with Crippen molar-refractivity contribution in [2.45, 2.75) is 6.92 Å². The number of esters is 1. The minimum Gasteiger partial charge on any atom is -0.423 e. The molecule has 3 aromatic carbocycles. The van der Waals surface area contributed by atoms with Gasteiger partial charge in [0.05, 0.1) is 17.3 Å². The number of amides is 1. The second-order valence-electron chi connectivity index (χ2n) is 5.95.